The Hall–Kier alpha value is -2.34. The van der Waals surface area contributed by atoms with E-state index in [-0.39, 0.29) is 17.7 Å². The van der Waals surface area contributed by atoms with E-state index in [9.17, 15) is 9.90 Å². The Labute approximate surface area is 152 Å². The zero-order valence-electron chi connectivity index (χ0n) is 15.1. The largest absolute Gasteiger partial charge is 0.497 e. The van der Waals surface area contributed by atoms with Gasteiger partial charge in [0.25, 0.3) is 5.91 Å². The van der Waals surface area contributed by atoms with E-state index in [0.29, 0.717) is 12.5 Å². The van der Waals surface area contributed by atoms with Gasteiger partial charge in [-0.25, -0.2) is 0 Å². The molecule has 1 aromatic carbocycles. The highest BCUT2D eigenvalue weighted by Crippen LogP contribution is 2.40. The molecule has 1 N–H and O–H groups in total. The zero-order chi connectivity index (χ0) is 18.3. The molecule has 2 atom stereocenters. The minimum Gasteiger partial charge on any atom is -0.497 e. The number of nitrogens with zero attached hydrogens (tertiary/aromatic N) is 2. The molecule has 1 aliphatic heterocycles. The molecular weight excluding hydrogens is 332 g/mol. The van der Waals surface area contributed by atoms with Crippen molar-refractivity contribution in [1.82, 2.24) is 10.1 Å². The Morgan fingerprint density at radius 3 is 2.69 bits per heavy atom. The third-order valence-electron chi connectivity index (χ3n) is 5.57. The third kappa shape index (κ3) is 2.98. The Kier molecular flexibility index (Phi) is 4.23. The lowest BCUT2D eigenvalue weighted by Gasteiger charge is -2.36. The predicted octanol–water partition coefficient (Wildman–Crippen LogP) is 3.07. The predicted molar refractivity (Wildman–Crippen MR) is 95.1 cm³/mol. The molecule has 0 unspecified atom stereocenters. The van der Waals surface area contributed by atoms with Crippen LogP contribution in [-0.4, -0.2) is 40.8 Å². The summed E-state index contributed by atoms with van der Waals surface area (Å²) in [5.74, 6) is 1.25. The summed E-state index contributed by atoms with van der Waals surface area (Å²) in [7, 11) is 1.61. The van der Waals surface area contributed by atoms with Crippen molar-refractivity contribution < 1.29 is 19.2 Å². The van der Waals surface area contributed by atoms with E-state index in [1.807, 2.05) is 24.3 Å². The number of rotatable bonds is 5. The molecule has 2 aromatic rings. The highest BCUT2D eigenvalue weighted by atomic mass is 16.5. The summed E-state index contributed by atoms with van der Waals surface area (Å²) in [4.78, 5) is 14.7. The van der Waals surface area contributed by atoms with E-state index < -0.39 is 5.60 Å². The number of carbonyl (C=O) groups is 1. The SMILES string of the molecule is COc1ccc([C@@](C)(O)[C@@H]2CCCN2C(=O)c2cc(C3CC3)no2)cc1. The van der Waals surface area contributed by atoms with Crippen molar-refractivity contribution in [3.8, 4) is 5.75 Å². The van der Waals surface area contributed by atoms with Crippen LogP contribution < -0.4 is 4.74 Å². The maximum Gasteiger partial charge on any atom is 0.292 e. The first-order valence-corrected chi connectivity index (χ1v) is 9.15. The van der Waals surface area contributed by atoms with Crippen LogP contribution >= 0.6 is 0 Å². The van der Waals surface area contributed by atoms with Crippen LogP contribution in [0, 0.1) is 0 Å². The lowest BCUT2D eigenvalue weighted by molar-refractivity contribution is -0.0187. The summed E-state index contributed by atoms with van der Waals surface area (Å²) in [5.41, 5.74) is 0.475. The standard InChI is InChI=1S/C20H24N2O4/c1-20(24,14-7-9-15(25-2)10-8-14)18-4-3-11-22(18)19(23)17-12-16(21-26-17)13-5-6-13/h7-10,12-13,18,24H,3-6,11H2,1-2H3/t18-,20+/m0/s1. The maximum atomic E-state index is 13.0. The van der Waals surface area contributed by atoms with Gasteiger partial charge >= 0.3 is 0 Å². The highest BCUT2D eigenvalue weighted by molar-refractivity contribution is 5.92. The molecule has 4 rings (SSSR count). The fourth-order valence-corrected chi connectivity index (χ4v) is 3.82. The second kappa shape index (κ2) is 6.43. The van der Waals surface area contributed by atoms with Gasteiger partial charge in [-0.15, -0.1) is 0 Å². The average molecular weight is 356 g/mol. The van der Waals surface area contributed by atoms with Gasteiger partial charge in [0, 0.05) is 18.5 Å². The van der Waals surface area contributed by atoms with E-state index >= 15 is 0 Å². The molecule has 1 aromatic heterocycles. The molecule has 0 radical (unpaired) electrons. The summed E-state index contributed by atoms with van der Waals surface area (Å²) >= 11 is 0. The Morgan fingerprint density at radius 2 is 2.04 bits per heavy atom. The second-order valence-electron chi connectivity index (χ2n) is 7.42. The first-order chi connectivity index (χ1) is 12.5. The molecule has 2 heterocycles. The number of aromatic nitrogens is 1. The van der Waals surface area contributed by atoms with Crippen molar-refractivity contribution in [2.24, 2.45) is 0 Å². The van der Waals surface area contributed by atoms with Gasteiger partial charge < -0.3 is 19.3 Å². The van der Waals surface area contributed by atoms with Gasteiger partial charge in [-0.3, -0.25) is 4.79 Å². The Morgan fingerprint density at radius 1 is 1.31 bits per heavy atom. The summed E-state index contributed by atoms with van der Waals surface area (Å²) < 4.78 is 10.5. The first kappa shape index (κ1) is 17.1. The number of carbonyl (C=O) groups excluding carboxylic acids is 1. The quantitative estimate of drug-likeness (QED) is 0.891. The van der Waals surface area contributed by atoms with Crippen molar-refractivity contribution in [2.75, 3.05) is 13.7 Å². The van der Waals surface area contributed by atoms with E-state index in [4.69, 9.17) is 9.26 Å². The normalized spacial score (nSPS) is 22.3. The van der Waals surface area contributed by atoms with Crippen LogP contribution in [0.5, 0.6) is 5.75 Å². The molecule has 1 saturated carbocycles. The van der Waals surface area contributed by atoms with Crippen LogP contribution in [0.25, 0.3) is 0 Å². The molecular formula is C20H24N2O4. The topological polar surface area (TPSA) is 75.8 Å². The van der Waals surface area contributed by atoms with Crippen LogP contribution in [-0.2, 0) is 5.60 Å². The fraction of sp³-hybridized carbons (Fsp3) is 0.500. The number of methoxy groups -OCH3 is 1. The van der Waals surface area contributed by atoms with E-state index in [1.165, 1.54) is 0 Å². The van der Waals surface area contributed by atoms with Crippen molar-refractivity contribution in [2.45, 2.75) is 50.2 Å². The number of aliphatic hydroxyl groups is 1. The van der Waals surface area contributed by atoms with Gasteiger partial charge in [0.05, 0.1) is 18.8 Å². The molecule has 2 fully saturated rings. The second-order valence-corrected chi connectivity index (χ2v) is 7.42. The molecule has 2 aliphatic rings. The van der Waals surface area contributed by atoms with Crippen molar-refractivity contribution in [1.29, 1.82) is 0 Å². The minimum absolute atomic E-state index is 0.194. The van der Waals surface area contributed by atoms with Crippen molar-refractivity contribution in [3.05, 3.63) is 47.3 Å². The number of ether oxygens (including phenoxy) is 1. The summed E-state index contributed by atoms with van der Waals surface area (Å²) in [6.45, 7) is 2.37. The summed E-state index contributed by atoms with van der Waals surface area (Å²) in [6.07, 6.45) is 3.82. The van der Waals surface area contributed by atoms with Gasteiger partial charge in [0.15, 0.2) is 0 Å². The van der Waals surface area contributed by atoms with Gasteiger partial charge in [-0.1, -0.05) is 17.3 Å². The molecule has 26 heavy (non-hydrogen) atoms. The van der Waals surface area contributed by atoms with E-state index in [0.717, 1.165) is 42.7 Å². The summed E-state index contributed by atoms with van der Waals surface area (Å²) in [6, 6.07) is 8.79. The van der Waals surface area contributed by atoms with Crippen LogP contribution in [0.2, 0.25) is 0 Å². The fourth-order valence-electron chi connectivity index (χ4n) is 3.82. The molecule has 138 valence electrons. The maximum absolute atomic E-state index is 13.0. The lowest BCUT2D eigenvalue weighted by Crippen LogP contribution is -2.48. The molecule has 1 amide bonds. The number of likely N-dealkylation sites (tertiary alicyclic amines) is 1. The molecule has 6 heteroatoms. The number of amides is 1. The number of benzene rings is 1. The highest BCUT2D eigenvalue weighted by Gasteiger charge is 2.43. The molecule has 0 bridgehead atoms. The van der Waals surface area contributed by atoms with Crippen molar-refractivity contribution >= 4 is 5.91 Å². The molecule has 1 saturated heterocycles. The Balaban J connectivity index is 1.56. The minimum atomic E-state index is -1.15. The lowest BCUT2D eigenvalue weighted by atomic mass is 9.86. The van der Waals surface area contributed by atoms with Gasteiger partial charge in [-0.2, -0.15) is 0 Å². The average Bonchev–Trinajstić information content (AvgIpc) is 3.18. The monoisotopic (exact) mass is 356 g/mol. The summed E-state index contributed by atoms with van der Waals surface area (Å²) in [5, 5.41) is 15.3. The molecule has 1 aliphatic carbocycles. The smallest absolute Gasteiger partial charge is 0.292 e. The van der Waals surface area contributed by atoms with Crippen LogP contribution in [0.3, 0.4) is 0 Å². The van der Waals surface area contributed by atoms with Crippen molar-refractivity contribution in [3.63, 3.8) is 0 Å². The molecule has 0 spiro atoms. The number of hydrogen-bond acceptors (Lipinski definition) is 5. The van der Waals surface area contributed by atoms with Crippen LogP contribution in [0.4, 0.5) is 0 Å². The van der Waals surface area contributed by atoms with Gasteiger partial charge in [0.1, 0.15) is 11.4 Å². The van der Waals surface area contributed by atoms with Crippen LogP contribution in [0.15, 0.2) is 34.9 Å². The van der Waals surface area contributed by atoms with E-state index in [2.05, 4.69) is 5.16 Å². The molecule has 6 nitrogen and oxygen atoms in total. The third-order valence-corrected chi connectivity index (χ3v) is 5.57. The van der Waals surface area contributed by atoms with Crippen LogP contribution in [0.1, 0.15) is 60.3 Å². The first-order valence-electron chi connectivity index (χ1n) is 9.15. The van der Waals surface area contributed by atoms with Gasteiger partial charge in [0.2, 0.25) is 5.76 Å². The van der Waals surface area contributed by atoms with Gasteiger partial charge in [-0.05, 0) is 50.3 Å². The Bertz CT molecular complexity index is 792. The number of hydrogen-bond donors (Lipinski definition) is 1. The van der Waals surface area contributed by atoms with E-state index in [1.54, 1.807) is 25.0 Å². The zero-order valence-corrected chi connectivity index (χ0v) is 15.1.